The van der Waals surface area contributed by atoms with E-state index in [9.17, 15) is 4.79 Å². The number of benzene rings is 1. The molecule has 0 bridgehead atoms. The molecule has 1 amide bonds. The van der Waals surface area contributed by atoms with E-state index in [1.165, 1.54) is 0 Å². The number of hydrogen-bond acceptors (Lipinski definition) is 3. The molecule has 1 N–H and O–H groups in total. The number of anilines is 1. The van der Waals surface area contributed by atoms with E-state index < -0.39 is 5.41 Å². The van der Waals surface area contributed by atoms with Gasteiger partial charge in [-0.1, -0.05) is 12.1 Å². The molecule has 1 rings (SSSR count). The lowest BCUT2D eigenvalue weighted by molar-refractivity contribution is -0.125. The van der Waals surface area contributed by atoms with Crippen LogP contribution in [0.4, 0.5) is 5.69 Å². The van der Waals surface area contributed by atoms with E-state index in [2.05, 4.69) is 11.4 Å². The Morgan fingerprint density at radius 2 is 1.75 bits per heavy atom. The monoisotopic (exact) mass is 274 g/mol. The lowest BCUT2D eigenvalue weighted by Crippen LogP contribution is -2.27. The molecule has 0 aliphatic heterocycles. The molecule has 4 heteroatoms. The fourth-order valence-corrected chi connectivity index (χ4v) is 1.51. The summed E-state index contributed by atoms with van der Waals surface area (Å²) in [5, 5.41) is 11.8. The van der Waals surface area contributed by atoms with E-state index in [1.807, 2.05) is 46.8 Å². The fourth-order valence-electron chi connectivity index (χ4n) is 1.51. The van der Waals surface area contributed by atoms with Crippen molar-refractivity contribution in [3.05, 3.63) is 29.8 Å². The van der Waals surface area contributed by atoms with Crippen molar-refractivity contribution in [2.75, 3.05) is 11.9 Å². The molecule has 1 aromatic carbocycles. The van der Waals surface area contributed by atoms with Crippen LogP contribution in [-0.4, -0.2) is 18.1 Å². The molecule has 0 aliphatic rings. The van der Waals surface area contributed by atoms with Crippen molar-refractivity contribution in [2.45, 2.75) is 45.6 Å². The van der Waals surface area contributed by atoms with Gasteiger partial charge in [-0.15, -0.1) is 0 Å². The van der Waals surface area contributed by atoms with Crippen LogP contribution in [0.25, 0.3) is 0 Å². The number of ether oxygens (including phenoxy) is 1. The quantitative estimate of drug-likeness (QED) is 0.916. The Labute approximate surface area is 120 Å². The molecule has 4 nitrogen and oxygen atoms in total. The second-order valence-electron chi connectivity index (χ2n) is 6.26. The van der Waals surface area contributed by atoms with Crippen LogP contribution in [0.3, 0.4) is 0 Å². The van der Waals surface area contributed by atoms with Crippen LogP contribution in [0.5, 0.6) is 0 Å². The SMILES string of the molecule is CC(C)(C)OCC(=O)Nc1ccc(C(C)(C)C#N)cc1. The molecule has 0 saturated carbocycles. The van der Waals surface area contributed by atoms with E-state index in [4.69, 9.17) is 10.00 Å². The fraction of sp³-hybridized carbons (Fsp3) is 0.500. The second kappa shape index (κ2) is 6.06. The Morgan fingerprint density at radius 1 is 1.20 bits per heavy atom. The second-order valence-corrected chi connectivity index (χ2v) is 6.26. The van der Waals surface area contributed by atoms with Gasteiger partial charge in [-0.2, -0.15) is 5.26 Å². The zero-order chi connectivity index (χ0) is 15.4. The van der Waals surface area contributed by atoms with Crippen molar-refractivity contribution in [1.82, 2.24) is 0 Å². The number of nitrogens with zero attached hydrogens (tertiary/aromatic N) is 1. The first-order chi connectivity index (χ1) is 9.14. The van der Waals surface area contributed by atoms with Gasteiger partial charge in [-0.25, -0.2) is 0 Å². The van der Waals surface area contributed by atoms with Crippen LogP contribution in [0.2, 0.25) is 0 Å². The molecule has 20 heavy (non-hydrogen) atoms. The summed E-state index contributed by atoms with van der Waals surface area (Å²) >= 11 is 0. The van der Waals surface area contributed by atoms with E-state index in [1.54, 1.807) is 12.1 Å². The van der Waals surface area contributed by atoms with Crippen LogP contribution in [-0.2, 0) is 14.9 Å². The predicted molar refractivity (Wildman–Crippen MR) is 79.4 cm³/mol. The van der Waals surface area contributed by atoms with Gasteiger partial charge >= 0.3 is 0 Å². The van der Waals surface area contributed by atoms with Crippen LogP contribution >= 0.6 is 0 Å². The van der Waals surface area contributed by atoms with Crippen molar-refractivity contribution in [2.24, 2.45) is 0 Å². The summed E-state index contributed by atoms with van der Waals surface area (Å²) in [4.78, 5) is 11.7. The summed E-state index contributed by atoms with van der Waals surface area (Å²) in [5.74, 6) is -0.188. The molecule has 0 aromatic heterocycles. The molecule has 108 valence electrons. The molecule has 1 aromatic rings. The maximum absolute atomic E-state index is 11.7. The lowest BCUT2D eigenvalue weighted by atomic mass is 9.86. The molecule has 0 heterocycles. The smallest absolute Gasteiger partial charge is 0.250 e. The minimum atomic E-state index is -0.530. The number of rotatable bonds is 4. The van der Waals surface area contributed by atoms with Crippen LogP contribution < -0.4 is 5.32 Å². The van der Waals surface area contributed by atoms with E-state index >= 15 is 0 Å². The highest BCUT2D eigenvalue weighted by Gasteiger charge is 2.19. The highest BCUT2D eigenvalue weighted by Crippen LogP contribution is 2.23. The van der Waals surface area contributed by atoms with Gasteiger partial charge in [-0.05, 0) is 52.3 Å². The average molecular weight is 274 g/mol. The van der Waals surface area contributed by atoms with Gasteiger partial charge in [-0.3, -0.25) is 4.79 Å². The van der Waals surface area contributed by atoms with Crippen molar-refractivity contribution in [3.63, 3.8) is 0 Å². The number of nitriles is 1. The number of amides is 1. The Kier molecular flexibility index (Phi) is 4.91. The first-order valence-electron chi connectivity index (χ1n) is 6.60. The zero-order valence-electron chi connectivity index (χ0n) is 12.8. The molecular weight excluding hydrogens is 252 g/mol. The van der Waals surface area contributed by atoms with Crippen molar-refractivity contribution in [3.8, 4) is 6.07 Å². The summed E-state index contributed by atoms with van der Waals surface area (Å²) in [5.41, 5.74) is 0.754. The minimum absolute atomic E-state index is 0.0228. The molecule has 0 radical (unpaired) electrons. The van der Waals surface area contributed by atoms with Crippen LogP contribution in [0.15, 0.2) is 24.3 Å². The summed E-state index contributed by atoms with van der Waals surface area (Å²) in [6, 6.07) is 9.54. The van der Waals surface area contributed by atoms with Gasteiger partial charge in [0.15, 0.2) is 0 Å². The lowest BCUT2D eigenvalue weighted by Gasteiger charge is -2.19. The van der Waals surface area contributed by atoms with Gasteiger partial charge in [0.25, 0.3) is 0 Å². The third kappa shape index (κ3) is 5.02. The number of carbonyl (C=O) groups excluding carboxylic acids is 1. The summed E-state index contributed by atoms with van der Waals surface area (Å²) in [6.07, 6.45) is 0. The van der Waals surface area contributed by atoms with E-state index in [0.717, 1.165) is 5.56 Å². The van der Waals surface area contributed by atoms with Gasteiger partial charge < -0.3 is 10.1 Å². The predicted octanol–water partition coefficient (Wildman–Crippen LogP) is 3.24. The van der Waals surface area contributed by atoms with E-state index in [0.29, 0.717) is 5.69 Å². The highest BCUT2D eigenvalue weighted by molar-refractivity contribution is 5.91. The number of hydrogen-bond donors (Lipinski definition) is 1. The number of nitrogens with one attached hydrogen (secondary N) is 1. The Balaban J connectivity index is 2.63. The van der Waals surface area contributed by atoms with Gasteiger partial charge in [0.05, 0.1) is 17.1 Å². The Morgan fingerprint density at radius 3 is 2.20 bits per heavy atom. The molecule has 0 saturated heterocycles. The third-order valence-corrected chi connectivity index (χ3v) is 2.81. The van der Waals surface area contributed by atoms with Gasteiger partial charge in [0, 0.05) is 5.69 Å². The zero-order valence-corrected chi connectivity index (χ0v) is 12.8. The first-order valence-corrected chi connectivity index (χ1v) is 6.60. The van der Waals surface area contributed by atoms with Crippen molar-refractivity contribution < 1.29 is 9.53 Å². The molecule has 0 fully saturated rings. The molecule has 0 aliphatic carbocycles. The Hall–Kier alpha value is -1.86. The van der Waals surface area contributed by atoms with Crippen LogP contribution in [0, 0.1) is 11.3 Å². The standard InChI is InChI=1S/C16H22N2O2/c1-15(2,3)20-10-14(19)18-13-8-6-12(7-9-13)16(4,5)11-17/h6-9H,10H2,1-5H3,(H,18,19). The average Bonchev–Trinajstić information content (AvgIpc) is 2.36. The normalized spacial score (nSPS) is 11.8. The van der Waals surface area contributed by atoms with Gasteiger partial charge in [0.1, 0.15) is 6.61 Å². The molecule has 0 unspecified atom stereocenters. The molecular formula is C16H22N2O2. The number of carbonyl (C=O) groups is 1. The maximum Gasteiger partial charge on any atom is 0.250 e. The Bertz CT molecular complexity index is 505. The largest absolute Gasteiger partial charge is 0.366 e. The topological polar surface area (TPSA) is 62.1 Å². The van der Waals surface area contributed by atoms with Gasteiger partial charge in [0.2, 0.25) is 5.91 Å². The van der Waals surface area contributed by atoms with Crippen molar-refractivity contribution >= 4 is 11.6 Å². The summed E-state index contributed by atoms with van der Waals surface area (Å²) < 4.78 is 5.40. The van der Waals surface area contributed by atoms with Crippen molar-refractivity contribution in [1.29, 1.82) is 5.26 Å². The van der Waals surface area contributed by atoms with Crippen LogP contribution in [0.1, 0.15) is 40.2 Å². The third-order valence-electron chi connectivity index (χ3n) is 2.81. The summed E-state index contributed by atoms with van der Waals surface area (Å²) in [6.45, 7) is 9.45. The first kappa shape index (κ1) is 16.2. The molecule has 0 atom stereocenters. The minimum Gasteiger partial charge on any atom is -0.366 e. The highest BCUT2D eigenvalue weighted by atomic mass is 16.5. The van der Waals surface area contributed by atoms with E-state index in [-0.39, 0.29) is 18.1 Å². The molecule has 0 spiro atoms. The maximum atomic E-state index is 11.7. The summed E-state index contributed by atoms with van der Waals surface area (Å²) in [7, 11) is 0.